The van der Waals surface area contributed by atoms with Crippen LogP contribution in [0.15, 0.2) is 34.8 Å². The van der Waals surface area contributed by atoms with Crippen molar-refractivity contribution in [1.29, 1.82) is 0 Å². The maximum atomic E-state index is 14.0. The highest BCUT2D eigenvalue weighted by Crippen LogP contribution is 2.28. The molecule has 2 aromatic rings. The van der Waals surface area contributed by atoms with Gasteiger partial charge in [0, 0.05) is 17.2 Å². The van der Waals surface area contributed by atoms with Crippen LogP contribution in [-0.2, 0) is 6.42 Å². The Morgan fingerprint density at radius 1 is 1.00 bits per heavy atom. The summed E-state index contributed by atoms with van der Waals surface area (Å²) < 4.78 is 55.4. The highest BCUT2D eigenvalue weighted by molar-refractivity contribution is 9.10. The molecule has 0 spiro atoms. The lowest BCUT2D eigenvalue weighted by molar-refractivity contribution is 0.469. The molecule has 0 radical (unpaired) electrons. The summed E-state index contributed by atoms with van der Waals surface area (Å²) in [4.78, 5) is 0. The van der Waals surface area contributed by atoms with Crippen LogP contribution in [0.2, 0.25) is 0 Å². The number of halogens is 5. The van der Waals surface area contributed by atoms with E-state index in [1.807, 2.05) is 0 Å². The van der Waals surface area contributed by atoms with Crippen molar-refractivity contribution in [3.05, 3.63) is 69.2 Å². The van der Waals surface area contributed by atoms with Crippen molar-refractivity contribution in [1.82, 2.24) is 5.32 Å². The standard InChI is InChI=1S/C15H12BrF4N/c1-21-13(14-11(18)3-2-4-12(14)19)7-8-10(17)6-5-9(16)15(8)20/h2-6,13,21H,7H2,1H3. The summed E-state index contributed by atoms with van der Waals surface area (Å²) in [5.74, 6) is -3.05. The van der Waals surface area contributed by atoms with E-state index >= 15 is 0 Å². The number of hydrogen-bond donors (Lipinski definition) is 1. The molecule has 0 aromatic heterocycles. The van der Waals surface area contributed by atoms with Crippen molar-refractivity contribution in [2.45, 2.75) is 12.5 Å². The van der Waals surface area contributed by atoms with Gasteiger partial charge in [-0.05, 0) is 53.7 Å². The number of hydrogen-bond acceptors (Lipinski definition) is 1. The lowest BCUT2D eigenvalue weighted by atomic mass is 9.97. The van der Waals surface area contributed by atoms with Crippen LogP contribution in [0.25, 0.3) is 0 Å². The zero-order chi connectivity index (χ0) is 15.6. The van der Waals surface area contributed by atoms with E-state index in [-0.39, 0.29) is 22.0 Å². The largest absolute Gasteiger partial charge is 0.313 e. The smallest absolute Gasteiger partial charge is 0.143 e. The molecule has 21 heavy (non-hydrogen) atoms. The molecule has 0 aliphatic heterocycles. The van der Waals surface area contributed by atoms with Gasteiger partial charge in [0.25, 0.3) is 0 Å². The average Bonchev–Trinajstić information content (AvgIpc) is 2.45. The number of rotatable bonds is 4. The summed E-state index contributed by atoms with van der Waals surface area (Å²) in [6, 6.07) is 4.91. The lowest BCUT2D eigenvalue weighted by Gasteiger charge is -2.19. The predicted octanol–water partition coefficient (Wildman–Crippen LogP) is 4.51. The summed E-state index contributed by atoms with van der Waals surface area (Å²) >= 11 is 2.97. The molecule has 0 aliphatic rings. The van der Waals surface area contributed by atoms with Crippen molar-refractivity contribution in [3.8, 4) is 0 Å². The number of likely N-dealkylation sites (N-methyl/N-ethyl adjacent to an activating group) is 1. The first-order chi connectivity index (χ1) is 9.95. The second-order valence-corrected chi connectivity index (χ2v) is 5.36. The molecule has 1 atom stereocenters. The van der Waals surface area contributed by atoms with Gasteiger partial charge in [0.2, 0.25) is 0 Å². The molecule has 0 bridgehead atoms. The SMILES string of the molecule is CNC(Cc1c(F)ccc(Br)c1F)c1c(F)cccc1F. The molecule has 0 aliphatic carbocycles. The van der Waals surface area contributed by atoms with Crippen LogP contribution >= 0.6 is 15.9 Å². The van der Waals surface area contributed by atoms with Crippen LogP contribution in [0.5, 0.6) is 0 Å². The molecule has 2 aromatic carbocycles. The van der Waals surface area contributed by atoms with Gasteiger partial charge in [-0.3, -0.25) is 0 Å². The van der Waals surface area contributed by atoms with Crippen LogP contribution in [0.1, 0.15) is 17.2 Å². The van der Waals surface area contributed by atoms with Crippen LogP contribution in [0.4, 0.5) is 17.6 Å². The van der Waals surface area contributed by atoms with Crippen molar-refractivity contribution in [2.75, 3.05) is 7.05 Å². The molecule has 0 fully saturated rings. The third-order valence-electron chi connectivity index (χ3n) is 3.24. The minimum atomic E-state index is -0.885. The van der Waals surface area contributed by atoms with Gasteiger partial charge >= 0.3 is 0 Å². The lowest BCUT2D eigenvalue weighted by Crippen LogP contribution is -2.22. The third kappa shape index (κ3) is 3.27. The van der Waals surface area contributed by atoms with Crippen molar-refractivity contribution in [2.24, 2.45) is 0 Å². The Balaban J connectivity index is 2.43. The zero-order valence-corrected chi connectivity index (χ0v) is 12.6. The van der Waals surface area contributed by atoms with Crippen LogP contribution in [-0.4, -0.2) is 7.05 Å². The van der Waals surface area contributed by atoms with E-state index in [2.05, 4.69) is 21.2 Å². The zero-order valence-electron chi connectivity index (χ0n) is 11.1. The Kier molecular flexibility index (Phi) is 5.00. The van der Waals surface area contributed by atoms with E-state index in [0.717, 1.165) is 18.2 Å². The highest BCUT2D eigenvalue weighted by Gasteiger charge is 2.23. The topological polar surface area (TPSA) is 12.0 Å². The Morgan fingerprint density at radius 3 is 2.19 bits per heavy atom. The van der Waals surface area contributed by atoms with Gasteiger partial charge in [-0.1, -0.05) is 6.07 Å². The molecular formula is C15H12BrF4N. The number of nitrogens with one attached hydrogen (secondary N) is 1. The van der Waals surface area contributed by atoms with E-state index in [9.17, 15) is 17.6 Å². The van der Waals surface area contributed by atoms with E-state index in [0.29, 0.717) is 0 Å². The normalized spacial score (nSPS) is 12.5. The van der Waals surface area contributed by atoms with Gasteiger partial charge in [0.1, 0.15) is 23.3 Å². The average molecular weight is 362 g/mol. The van der Waals surface area contributed by atoms with Gasteiger partial charge < -0.3 is 5.32 Å². The molecular weight excluding hydrogens is 350 g/mol. The molecule has 0 heterocycles. The van der Waals surface area contributed by atoms with Gasteiger partial charge in [-0.2, -0.15) is 0 Å². The molecule has 6 heteroatoms. The first-order valence-electron chi connectivity index (χ1n) is 6.19. The Bertz CT molecular complexity index is 640. The third-order valence-corrected chi connectivity index (χ3v) is 3.86. The molecule has 1 N–H and O–H groups in total. The van der Waals surface area contributed by atoms with Crippen LogP contribution in [0, 0.1) is 23.3 Å². The van der Waals surface area contributed by atoms with Gasteiger partial charge in [0.05, 0.1) is 4.47 Å². The van der Waals surface area contributed by atoms with E-state index in [4.69, 9.17) is 0 Å². The monoisotopic (exact) mass is 361 g/mol. The second-order valence-electron chi connectivity index (χ2n) is 4.50. The van der Waals surface area contributed by atoms with Crippen LogP contribution in [0.3, 0.4) is 0 Å². The second kappa shape index (κ2) is 6.58. The highest BCUT2D eigenvalue weighted by atomic mass is 79.9. The van der Waals surface area contributed by atoms with Gasteiger partial charge in [-0.25, -0.2) is 17.6 Å². The summed E-state index contributed by atoms with van der Waals surface area (Å²) in [7, 11) is 1.48. The van der Waals surface area contributed by atoms with Gasteiger partial charge in [-0.15, -0.1) is 0 Å². The minimum absolute atomic E-state index is 0.0998. The maximum absolute atomic E-state index is 14.0. The molecule has 0 saturated heterocycles. The van der Waals surface area contributed by atoms with Crippen LogP contribution < -0.4 is 5.32 Å². The molecule has 112 valence electrons. The Labute approximate surface area is 128 Å². The molecule has 1 unspecified atom stereocenters. The first-order valence-corrected chi connectivity index (χ1v) is 6.98. The molecule has 2 rings (SSSR count). The summed E-state index contributed by atoms with van der Waals surface area (Å²) in [6.45, 7) is 0. The van der Waals surface area contributed by atoms with Crippen molar-refractivity contribution in [3.63, 3.8) is 0 Å². The fourth-order valence-corrected chi connectivity index (χ4v) is 2.52. The summed E-state index contributed by atoms with van der Waals surface area (Å²) in [6.07, 6.45) is -0.217. The Morgan fingerprint density at radius 2 is 1.62 bits per heavy atom. The van der Waals surface area contributed by atoms with Crippen molar-refractivity contribution >= 4 is 15.9 Å². The van der Waals surface area contributed by atoms with Gasteiger partial charge in [0.15, 0.2) is 0 Å². The quantitative estimate of drug-likeness (QED) is 0.624. The molecule has 0 amide bonds. The van der Waals surface area contributed by atoms with Crippen molar-refractivity contribution < 1.29 is 17.6 Å². The van der Waals surface area contributed by atoms with E-state index in [1.165, 1.54) is 19.2 Å². The maximum Gasteiger partial charge on any atom is 0.143 e. The van der Waals surface area contributed by atoms with E-state index in [1.54, 1.807) is 0 Å². The Hall–Kier alpha value is -1.40. The molecule has 1 nitrogen and oxygen atoms in total. The predicted molar refractivity (Wildman–Crippen MR) is 75.9 cm³/mol. The number of benzene rings is 2. The fourth-order valence-electron chi connectivity index (χ4n) is 2.15. The summed E-state index contributed by atoms with van der Waals surface area (Å²) in [5, 5.41) is 2.69. The fraction of sp³-hybridized carbons (Fsp3) is 0.200. The summed E-state index contributed by atoms with van der Waals surface area (Å²) in [5.41, 5.74) is -0.467. The van der Waals surface area contributed by atoms with E-state index < -0.39 is 29.3 Å². The first kappa shape index (κ1) is 16.0. The molecule has 0 saturated carbocycles. The minimum Gasteiger partial charge on any atom is -0.313 e.